The van der Waals surface area contributed by atoms with E-state index in [2.05, 4.69) is 30.6 Å². The number of aliphatic hydroxyl groups is 1. The van der Waals surface area contributed by atoms with E-state index < -0.39 is 24.7 Å². The number of anilines is 2. The number of aliphatic carboxylic acids is 1. The van der Waals surface area contributed by atoms with E-state index in [9.17, 15) is 9.59 Å². The van der Waals surface area contributed by atoms with Crippen molar-refractivity contribution in [3.63, 3.8) is 0 Å². The lowest BCUT2D eigenvalue weighted by Crippen LogP contribution is -2.33. The number of amides is 1. The summed E-state index contributed by atoms with van der Waals surface area (Å²) in [7, 11) is 0. The van der Waals surface area contributed by atoms with E-state index in [4.69, 9.17) is 14.9 Å². The average Bonchev–Trinajstić information content (AvgIpc) is 3.07. The normalized spacial score (nSPS) is 11.8. The Hall–Kier alpha value is -3.73. The summed E-state index contributed by atoms with van der Waals surface area (Å²) in [6.45, 7) is 1.38. The van der Waals surface area contributed by atoms with Crippen molar-refractivity contribution in [2.45, 2.75) is 13.0 Å². The SMILES string of the molecule is CCOC(=O)Nc1nc2ccc(-c3cnc(N[C@@H](CO)C(=O)O)nc3)cc2[nH]1. The number of carboxylic acids is 1. The number of carbonyl (C=O) groups excluding carboxylic acids is 1. The van der Waals surface area contributed by atoms with Crippen LogP contribution >= 0.6 is 0 Å². The first-order chi connectivity index (χ1) is 13.5. The van der Waals surface area contributed by atoms with Gasteiger partial charge in [-0.3, -0.25) is 5.32 Å². The highest BCUT2D eigenvalue weighted by molar-refractivity contribution is 5.88. The van der Waals surface area contributed by atoms with Crippen molar-refractivity contribution < 1.29 is 24.5 Å². The van der Waals surface area contributed by atoms with Gasteiger partial charge in [-0.05, 0) is 24.6 Å². The second kappa shape index (κ2) is 8.31. The van der Waals surface area contributed by atoms with E-state index in [0.717, 1.165) is 5.56 Å². The summed E-state index contributed by atoms with van der Waals surface area (Å²) in [5.41, 5.74) is 2.83. The van der Waals surface area contributed by atoms with Crippen LogP contribution in [0.2, 0.25) is 0 Å². The standard InChI is InChI=1S/C17H18N6O5/c1-2-28-17(27)23-16-20-11-4-3-9(5-12(11)21-16)10-6-18-15(19-7-10)22-13(8-24)14(25)26/h3-7,13,24H,2,8H2,1H3,(H,25,26)(H,18,19,22)(H2,20,21,23,27)/t13-/m0/s1. The lowest BCUT2D eigenvalue weighted by atomic mass is 10.1. The van der Waals surface area contributed by atoms with Crippen molar-refractivity contribution in [3.8, 4) is 11.1 Å². The Labute approximate surface area is 158 Å². The number of nitrogens with zero attached hydrogens (tertiary/aromatic N) is 3. The van der Waals surface area contributed by atoms with Crippen molar-refractivity contribution in [2.24, 2.45) is 0 Å². The van der Waals surface area contributed by atoms with Crippen LogP contribution in [0.3, 0.4) is 0 Å². The molecule has 0 bridgehead atoms. The average molecular weight is 386 g/mol. The summed E-state index contributed by atoms with van der Waals surface area (Å²) >= 11 is 0. The molecular formula is C17H18N6O5. The monoisotopic (exact) mass is 386 g/mol. The van der Waals surface area contributed by atoms with Crippen LogP contribution in [0.15, 0.2) is 30.6 Å². The second-order valence-electron chi connectivity index (χ2n) is 5.68. The molecule has 0 radical (unpaired) electrons. The number of aromatic amines is 1. The van der Waals surface area contributed by atoms with Gasteiger partial charge >= 0.3 is 12.1 Å². The fraction of sp³-hybridized carbons (Fsp3) is 0.235. The third-order valence-corrected chi connectivity index (χ3v) is 3.75. The van der Waals surface area contributed by atoms with E-state index in [-0.39, 0.29) is 18.5 Å². The molecule has 1 amide bonds. The quantitative estimate of drug-likeness (QED) is 0.404. The molecule has 0 aliphatic carbocycles. The molecule has 0 aliphatic rings. The number of hydrogen-bond acceptors (Lipinski definition) is 8. The molecular weight excluding hydrogens is 368 g/mol. The third kappa shape index (κ3) is 4.32. The number of aliphatic hydroxyl groups excluding tert-OH is 1. The Morgan fingerprint density at radius 2 is 2.00 bits per heavy atom. The van der Waals surface area contributed by atoms with Crippen LogP contribution in [0.1, 0.15) is 6.92 Å². The Morgan fingerprint density at radius 1 is 1.25 bits per heavy atom. The van der Waals surface area contributed by atoms with Crippen molar-refractivity contribution in [1.29, 1.82) is 0 Å². The van der Waals surface area contributed by atoms with Crippen molar-refractivity contribution in [2.75, 3.05) is 23.8 Å². The predicted molar refractivity (Wildman–Crippen MR) is 99.9 cm³/mol. The van der Waals surface area contributed by atoms with Gasteiger partial charge in [0.15, 0.2) is 6.04 Å². The zero-order valence-electron chi connectivity index (χ0n) is 14.8. The van der Waals surface area contributed by atoms with Gasteiger partial charge in [0, 0.05) is 18.0 Å². The molecule has 0 fully saturated rings. The first-order valence-electron chi connectivity index (χ1n) is 8.36. The van der Waals surface area contributed by atoms with Crippen LogP contribution in [0, 0.1) is 0 Å². The number of ether oxygens (including phenoxy) is 1. The number of fused-ring (bicyclic) bond motifs is 1. The highest BCUT2D eigenvalue weighted by atomic mass is 16.5. The minimum absolute atomic E-state index is 0.0914. The van der Waals surface area contributed by atoms with Gasteiger partial charge in [0.05, 0.1) is 24.2 Å². The Kier molecular flexibility index (Phi) is 5.65. The maximum atomic E-state index is 11.5. The molecule has 28 heavy (non-hydrogen) atoms. The van der Waals surface area contributed by atoms with E-state index in [0.29, 0.717) is 16.6 Å². The van der Waals surface area contributed by atoms with E-state index in [1.807, 2.05) is 12.1 Å². The lowest BCUT2D eigenvalue weighted by molar-refractivity contribution is -0.138. The van der Waals surface area contributed by atoms with Crippen molar-refractivity contribution in [3.05, 3.63) is 30.6 Å². The van der Waals surface area contributed by atoms with Crippen LogP contribution in [-0.4, -0.2) is 61.5 Å². The van der Waals surface area contributed by atoms with Gasteiger partial charge in [0.25, 0.3) is 0 Å². The first-order valence-corrected chi connectivity index (χ1v) is 8.36. The molecule has 1 atom stereocenters. The minimum Gasteiger partial charge on any atom is -0.480 e. The number of aromatic nitrogens is 4. The molecule has 2 heterocycles. The topological polar surface area (TPSA) is 162 Å². The molecule has 0 spiro atoms. The third-order valence-electron chi connectivity index (χ3n) is 3.75. The summed E-state index contributed by atoms with van der Waals surface area (Å²) in [6.07, 6.45) is 2.46. The first kappa shape index (κ1) is 19.0. The fourth-order valence-corrected chi connectivity index (χ4v) is 2.41. The molecule has 1 aromatic carbocycles. The van der Waals surface area contributed by atoms with Gasteiger partial charge < -0.3 is 25.3 Å². The second-order valence-corrected chi connectivity index (χ2v) is 5.68. The molecule has 3 rings (SSSR count). The number of carboxylic acid groups (broad SMARTS) is 1. The summed E-state index contributed by atoms with van der Waals surface area (Å²) in [4.78, 5) is 37.8. The number of hydrogen-bond donors (Lipinski definition) is 5. The van der Waals surface area contributed by atoms with Crippen LogP contribution in [0.25, 0.3) is 22.2 Å². The summed E-state index contributed by atoms with van der Waals surface area (Å²) in [6, 6.07) is 4.22. The Morgan fingerprint density at radius 3 is 2.64 bits per heavy atom. The van der Waals surface area contributed by atoms with Crippen LogP contribution < -0.4 is 10.6 Å². The summed E-state index contributed by atoms with van der Waals surface area (Å²) in [5, 5.41) is 23.0. The number of rotatable bonds is 7. The predicted octanol–water partition coefficient (Wildman–Crippen LogP) is 1.45. The molecule has 2 aromatic heterocycles. The number of nitrogens with one attached hydrogen (secondary N) is 3. The fourth-order valence-electron chi connectivity index (χ4n) is 2.41. The van der Waals surface area contributed by atoms with E-state index in [1.165, 1.54) is 12.4 Å². The highest BCUT2D eigenvalue weighted by Crippen LogP contribution is 2.24. The zero-order chi connectivity index (χ0) is 20.1. The van der Waals surface area contributed by atoms with Gasteiger partial charge in [0.1, 0.15) is 0 Å². The van der Waals surface area contributed by atoms with Gasteiger partial charge in [-0.1, -0.05) is 6.07 Å². The Balaban J connectivity index is 1.77. The number of benzene rings is 1. The molecule has 11 nitrogen and oxygen atoms in total. The van der Waals surface area contributed by atoms with Gasteiger partial charge in [-0.2, -0.15) is 0 Å². The van der Waals surface area contributed by atoms with E-state index in [1.54, 1.807) is 13.0 Å². The maximum absolute atomic E-state index is 11.5. The molecule has 0 saturated carbocycles. The zero-order valence-corrected chi connectivity index (χ0v) is 14.8. The number of imidazole rings is 1. The van der Waals surface area contributed by atoms with Crippen LogP contribution in [0.4, 0.5) is 16.7 Å². The molecule has 5 N–H and O–H groups in total. The molecule has 0 aliphatic heterocycles. The minimum atomic E-state index is -1.20. The van der Waals surface area contributed by atoms with Crippen LogP contribution in [-0.2, 0) is 9.53 Å². The molecule has 0 saturated heterocycles. The largest absolute Gasteiger partial charge is 0.480 e. The number of carbonyl (C=O) groups is 2. The van der Waals surface area contributed by atoms with Crippen LogP contribution in [0.5, 0.6) is 0 Å². The molecule has 146 valence electrons. The molecule has 11 heteroatoms. The van der Waals surface area contributed by atoms with Crippen molar-refractivity contribution >= 4 is 35.0 Å². The Bertz CT molecular complexity index is 987. The maximum Gasteiger partial charge on any atom is 0.413 e. The highest BCUT2D eigenvalue weighted by Gasteiger charge is 2.17. The molecule has 3 aromatic rings. The summed E-state index contributed by atoms with van der Waals surface area (Å²) < 4.78 is 4.81. The smallest absolute Gasteiger partial charge is 0.413 e. The van der Waals surface area contributed by atoms with Gasteiger partial charge in [-0.25, -0.2) is 24.5 Å². The molecule has 0 unspecified atom stereocenters. The van der Waals surface area contributed by atoms with Crippen molar-refractivity contribution in [1.82, 2.24) is 19.9 Å². The van der Waals surface area contributed by atoms with Gasteiger partial charge in [0.2, 0.25) is 11.9 Å². The van der Waals surface area contributed by atoms with Gasteiger partial charge in [-0.15, -0.1) is 0 Å². The van der Waals surface area contributed by atoms with E-state index >= 15 is 0 Å². The number of H-pyrrole nitrogens is 1. The lowest BCUT2D eigenvalue weighted by Gasteiger charge is -2.11. The summed E-state index contributed by atoms with van der Waals surface area (Å²) in [5.74, 6) is -0.842.